The molecule has 1 fully saturated rings. The zero-order valence-electron chi connectivity index (χ0n) is 16.4. The number of carbonyl (C=O) groups is 1. The Bertz CT molecular complexity index is 876. The lowest BCUT2D eigenvalue weighted by Gasteiger charge is -2.30. The van der Waals surface area contributed by atoms with Crippen molar-refractivity contribution in [1.29, 1.82) is 0 Å². The van der Waals surface area contributed by atoms with Crippen LogP contribution in [0.15, 0.2) is 39.5 Å². The molecule has 30 heavy (non-hydrogen) atoms. The fourth-order valence-electron chi connectivity index (χ4n) is 3.73. The monoisotopic (exact) mass is 424 g/mol. The van der Waals surface area contributed by atoms with Crippen LogP contribution in [0, 0.1) is 5.92 Å². The highest BCUT2D eigenvalue weighted by Crippen LogP contribution is 2.39. The van der Waals surface area contributed by atoms with Crippen molar-refractivity contribution in [3.05, 3.63) is 52.3 Å². The number of halogens is 2. The van der Waals surface area contributed by atoms with E-state index in [1.165, 1.54) is 0 Å². The Hall–Kier alpha value is -2.59. The Labute approximate surface area is 171 Å². The summed E-state index contributed by atoms with van der Waals surface area (Å²) in [5, 5.41) is 18.9. The lowest BCUT2D eigenvalue weighted by Crippen LogP contribution is -2.48. The minimum absolute atomic E-state index is 0.0606. The van der Waals surface area contributed by atoms with Gasteiger partial charge in [-0.25, -0.2) is 18.7 Å². The largest absolute Gasteiger partial charge is 0.434 e. The van der Waals surface area contributed by atoms with Crippen LogP contribution >= 0.6 is 0 Å². The molecular weight excluding hydrogens is 398 g/mol. The normalized spacial score (nSPS) is 19.7. The summed E-state index contributed by atoms with van der Waals surface area (Å²) < 4.78 is 31.8. The average Bonchev–Trinajstić information content (AvgIpc) is 3.15. The second-order valence-electron chi connectivity index (χ2n) is 7.85. The standard InChI is InChI=1S/C20H26F2N4O4/c21-20(22)8-6-13(7-9-20)11-15(18-25-26-19(29)30-18)24-17(28)16(27)14(23)10-12-4-2-1-3-5-12/h1-5,13-16,27H,6-11,23H2,(H,24,28)(H,26,29)/t14-,15+,16+/m1/s1. The SMILES string of the molecule is N[C@H](Cc1ccccc1)[C@H](O)C(=O)N[C@@H](CC1CCC(F)(F)CC1)c1n[nH]c(=O)o1. The van der Waals surface area contributed by atoms with Gasteiger partial charge >= 0.3 is 5.76 Å². The molecule has 0 spiro atoms. The van der Waals surface area contributed by atoms with Crippen molar-refractivity contribution < 1.29 is 23.1 Å². The van der Waals surface area contributed by atoms with Gasteiger partial charge in [-0.15, -0.1) is 5.10 Å². The molecule has 1 heterocycles. The first kappa shape index (κ1) is 22.1. The number of aromatic nitrogens is 2. The summed E-state index contributed by atoms with van der Waals surface area (Å²) in [7, 11) is 0. The predicted molar refractivity (Wildman–Crippen MR) is 104 cm³/mol. The maximum Gasteiger partial charge on any atom is 0.434 e. The number of amides is 1. The quantitative estimate of drug-likeness (QED) is 0.509. The van der Waals surface area contributed by atoms with E-state index in [-0.39, 0.29) is 50.3 Å². The average molecular weight is 424 g/mol. The Balaban J connectivity index is 1.64. The molecule has 1 aliphatic rings. The van der Waals surface area contributed by atoms with Crippen molar-refractivity contribution in [3.8, 4) is 0 Å². The van der Waals surface area contributed by atoms with Gasteiger partial charge in [0.15, 0.2) is 0 Å². The molecule has 0 radical (unpaired) electrons. The number of H-pyrrole nitrogens is 1. The number of hydrogen-bond acceptors (Lipinski definition) is 6. The van der Waals surface area contributed by atoms with Gasteiger partial charge in [0.25, 0.3) is 5.91 Å². The molecule has 8 nitrogen and oxygen atoms in total. The molecule has 1 aromatic heterocycles. The smallest absolute Gasteiger partial charge is 0.390 e. The summed E-state index contributed by atoms with van der Waals surface area (Å²) in [6.45, 7) is 0. The van der Waals surface area contributed by atoms with Crippen molar-refractivity contribution >= 4 is 5.91 Å². The predicted octanol–water partition coefficient (Wildman–Crippen LogP) is 1.67. The fourth-order valence-corrected chi connectivity index (χ4v) is 3.73. The number of nitrogens with one attached hydrogen (secondary N) is 2. The molecule has 0 unspecified atom stereocenters. The molecular formula is C20H26F2N4O4. The van der Waals surface area contributed by atoms with Crippen LogP contribution in [0.3, 0.4) is 0 Å². The number of aliphatic hydroxyl groups is 1. The van der Waals surface area contributed by atoms with Gasteiger partial charge in [-0.1, -0.05) is 30.3 Å². The van der Waals surface area contributed by atoms with Gasteiger partial charge in [0, 0.05) is 18.9 Å². The molecule has 10 heteroatoms. The number of nitrogens with zero attached hydrogens (tertiary/aromatic N) is 1. The van der Waals surface area contributed by atoms with Crippen LogP contribution in [0.4, 0.5) is 8.78 Å². The molecule has 3 atom stereocenters. The molecule has 1 amide bonds. The minimum atomic E-state index is -2.67. The number of alkyl halides is 2. The first-order valence-electron chi connectivity index (χ1n) is 9.95. The zero-order valence-corrected chi connectivity index (χ0v) is 16.4. The molecule has 0 bridgehead atoms. The summed E-state index contributed by atoms with van der Waals surface area (Å²) in [6.07, 6.45) is -0.852. The van der Waals surface area contributed by atoms with E-state index in [1.807, 2.05) is 30.3 Å². The van der Waals surface area contributed by atoms with Gasteiger partial charge in [-0.05, 0) is 37.2 Å². The number of benzene rings is 1. The van der Waals surface area contributed by atoms with Crippen LogP contribution in [-0.2, 0) is 11.2 Å². The zero-order chi connectivity index (χ0) is 21.7. The van der Waals surface area contributed by atoms with E-state index in [0.29, 0.717) is 0 Å². The third-order valence-electron chi connectivity index (χ3n) is 5.46. The van der Waals surface area contributed by atoms with E-state index in [2.05, 4.69) is 15.5 Å². The summed E-state index contributed by atoms with van der Waals surface area (Å²) in [5.41, 5.74) is 6.86. The van der Waals surface area contributed by atoms with Crippen LogP contribution in [0.25, 0.3) is 0 Å². The number of aliphatic hydroxyl groups excluding tert-OH is 1. The molecule has 0 saturated heterocycles. The van der Waals surface area contributed by atoms with Gasteiger partial charge in [0.05, 0.1) is 0 Å². The van der Waals surface area contributed by atoms with Crippen LogP contribution < -0.4 is 16.8 Å². The van der Waals surface area contributed by atoms with Gasteiger partial charge in [0.2, 0.25) is 11.8 Å². The third-order valence-corrected chi connectivity index (χ3v) is 5.46. The molecule has 1 saturated carbocycles. The summed E-state index contributed by atoms with van der Waals surface area (Å²) in [5.74, 6) is -4.37. The molecule has 0 aliphatic heterocycles. The number of hydrogen-bond donors (Lipinski definition) is 4. The van der Waals surface area contributed by atoms with E-state index >= 15 is 0 Å². The van der Waals surface area contributed by atoms with E-state index in [0.717, 1.165) is 5.56 Å². The van der Waals surface area contributed by atoms with Gasteiger partial charge in [-0.3, -0.25) is 4.79 Å². The second-order valence-corrected chi connectivity index (χ2v) is 7.85. The van der Waals surface area contributed by atoms with Crippen molar-refractivity contribution in [1.82, 2.24) is 15.5 Å². The highest BCUT2D eigenvalue weighted by atomic mass is 19.3. The van der Waals surface area contributed by atoms with E-state index in [1.54, 1.807) is 0 Å². The number of rotatable bonds is 8. The molecule has 164 valence electrons. The first-order valence-corrected chi connectivity index (χ1v) is 9.95. The minimum Gasteiger partial charge on any atom is -0.390 e. The number of carbonyl (C=O) groups excluding carboxylic acids is 1. The molecule has 3 rings (SSSR count). The fraction of sp³-hybridized carbons (Fsp3) is 0.550. The van der Waals surface area contributed by atoms with Gasteiger partial charge < -0.3 is 20.6 Å². The topological polar surface area (TPSA) is 134 Å². The van der Waals surface area contributed by atoms with Crippen LogP contribution in [0.2, 0.25) is 0 Å². The summed E-state index contributed by atoms with van der Waals surface area (Å²) >= 11 is 0. The van der Waals surface area contributed by atoms with Crippen molar-refractivity contribution in [2.24, 2.45) is 11.7 Å². The lowest BCUT2D eigenvalue weighted by atomic mass is 9.83. The number of aromatic amines is 1. The highest BCUT2D eigenvalue weighted by molar-refractivity contribution is 5.81. The Morgan fingerprint density at radius 2 is 2.00 bits per heavy atom. The Morgan fingerprint density at radius 3 is 2.60 bits per heavy atom. The second kappa shape index (κ2) is 9.48. The van der Waals surface area contributed by atoms with Gasteiger partial charge in [0.1, 0.15) is 12.1 Å². The van der Waals surface area contributed by atoms with Crippen molar-refractivity contribution in [2.45, 2.75) is 62.6 Å². The van der Waals surface area contributed by atoms with Gasteiger partial charge in [-0.2, -0.15) is 0 Å². The first-order chi connectivity index (χ1) is 14.2. The van der Waals surface area contributed by atoms with Crippen LogP contribution in [0.5, 0.6) is 0 Å². The highest BCUT2D eigenvalue weighted by Gasteiger charge is 2.37. The number of nitrogens with two attached hydrogens (primary N) is 1. The molecule has 5 N–H and O–H groups in total. The molecule has 1 aliphatic carbocycles. The van der Waals surface area contributed by atoms with E-state index < -0.39 is 35.8 Å². The maximum absolute atomic E-state index is 13.4. The summed E-state index contributed by atoms with van der Waals surface area (Å²) in [6, 6.07) is 7.49. The van der Waals surface area contributed by atoms with Crippen LogP contribution in [0.1, 0.15) is 49.6 Å². The molecule has 2 aromatic rings. The van der Waals surface area contributed by atoms with E-state index in [4.69, 9.17) is 10.2 Å². The summed E-state index contributed by atoms with van der Waals surface area (Å²) in [4.78, 5) is 23.9. The van der Waals surface area contributed by atoms with Crippen molar-refractivity contribution in [2.75, 3.05) is 0 Å². The third kappa shape index (κ3) is 5.96. The van der Waals surface area contributed by atoms with Crippen LogP contribution in [-0.4, -0.2) is 39.3 Å². The van der Waals surface area contributed by atoms with E-state index in [9.17, 15) is 23.5 Å². The van der Waals surface area contributed by atoms with Crippen molar-refractivity contribution in [3.63, 3.8) is 0 Å². The molecule has 1 aromatic carbocycles. The Kier molecular flexibility index (Phi) is 6.99. The maximum atomic E-state index is 13.4. The Morgan fingerprint density at radius 1 is 1.33 bits per heavy atom. The lowest BCUT2D eigenvalue weighted by molar-refractivity contribution is -0.131.